The number of carbonyl (C=O) groups excluding carboxylic acids is 2. The van der Waals surface area contributed by atoms with Crippen LogP contribution < -0.4 is 0 Å². The smallest absolute Gasteiger partial charge is 0.336 e. The summed E-state index contributed by atoms with van der Waals surface area (Å²) in [5.74, 6) is -0.788. The molecule has 0 saturated carbocycles. The molecule has 6 heteroatoms. The molecule has 1 saturated heterocycles. The van der Waals surface area contributed by atoms with E-state index in [4.69, 9.17) is 18.9 Å². The van der Waals surface area contributed by atoms with Gasteiger partial charge in [-0.15, -0.1) is 0 Å². The number of rotatable bonds is 7. The largest absolute Gasteiger partial charge is 0.463 e. The molecule has 1 fully saturated rings. The molecule has 23 heavy (non-hydrogen) atoms. The highest BCUT2D eigenvalue weighted by Crippen LogP contribution is 2.32. The predicted octanol–water partition coefficient (Wildman–Crippen LogP) is 1.93. The molecule has 0 aromatic rings. The van der Waals surface area contributed by atoms with Gasteiger partial charge in [0.15, 0.2) is 0 Å². The van der Waals surface area contributed by atoms with Crippen molar-refractivity contribution in [1.29, 1.82) is 0 Å². The highest BCUT2D eigenvalue weighted by atomic mass is 16.6. The van der Waals surface area contributed by atoms with Crippen LogP contribution in [0.25, 0.3) is 0 Å². The van der Waals surface area contributed by atoms with Crippen LogP contribution in [0.4, 0.5) is 0 Å². The van der Waals surface area contributed by atoms with E-state index in [9.17, 15) is 9.59 Å². The third-order valence-electron chi connectivity index (χ3n) is 3.75. The van der Waals surface area contributed by atoms with Gasteiger partial charge in [-0.05, 0) is 32.4 Å². The van der Waals surface area contributed by atoms with Crippen LogP contribution in [0.15, 0.2) is 23.8 Å². The van der Waals surface area contributed by atoms with Gasteiger partial charge in [0.1, 0.15) is 24.4 Å². The summed E-state index contributed by atoms with van der Waals surface area (Å²) in [7, 11) is 0. The van der Waals surface area contributed by atoms with Crippen LogP contribution in [-0.2, 0) is 28.5 Å². The zero-order valence-electron chi connectivity index (χ0n) is 13.8. The lowest BCUT2D eigenvalue weighted by molar-refractivity contribution is -0.139. The predicted molar refractivity (Wildman–Crippen MR) is 82.7 cm³/mol. The lowest BCUT2D eigenvalue weighted by Crippen LogP contribution is -2.40. The Morgan fingerprint density at radius 3 is 2.87 bits per heavy atom. The highest BCUT2D eigenvalue weighted by Gasteiger charge is 2.44. The first kappa shape index (κ1) is 17.7. The first-order chi connectivity index (χ1) is 11.1. The Morgan fingerprint density at radius 2 is 2.17 bits per heavy atom. The molecule has 0 N–H and O–H groups in total. The molecule has 6 nitrogen and oxygen atoms in total. The van der Waals surface area contributed by atoms with E-state index < -0.39 is 24.3 Å². The fourth-order valence-electron chi connectivity index (χ4n) is 2.56. The Balaban J connectivity index is 2.12. The van der Waals surface area contributed by atoms with Crippen LogP contribution in [0.1, 0.15) is 33.6 Å². The summed E-state index contributed by atoms with van der Waals surface area (Å²) in [4.78, 5) is 23.3. The van der Waals surface area contributed by atoms with Gasteiger partial charge in [0, 0.05) is 12.7 Å². The van der Waals surface area contributed by atoms with Gasteiger partial charge in [-0.1, -0.05) is 13.3 Å². The molecule has 0 bridgehead atoms. The number of fused-ring (bicyclic) bond motifs is 1. The second-order valence-electron chi connectivity index (χ2n) is 5.55. The monoisotopic (exact) mass is 324 g/mol. The van der Waals surface area contributed by atoms with E-state index in [1.807, 2.05) is 0 Å². The van der Waals surface area contributed by atoms with Crippen LogP contribution in [-0.4, -0.2) is 49.6 Å². The van der Waals surface area contributed by atoms with E-state index in [-0.39, 0.29) is 12.1 Å². The maximum Gasteiger partial charge on any atom is 0.336 e. The minimum absolute atomic E-state index is 0.317. The van der Waals surface area contributed by atoms with Gasteiger partial charge < -0.3 is 18.9 Å². The summed E-state index contributed by atoms with van der Waals surface area (Å²) in [6.45, 7) is 6.49. The Kier molecular flexibility index (Phi) is 6.36. The van der Waals surface area contributed by atoms with E-state index in [0.29, 0.717) is 18.8 Å². The van der Waals surface area contributed by atoms with Crippen molar-refractivity contribution in [3.05, 3.63) is 23.8 Å². The first-order valence-electron chi connectivity index (χ1n) is 8.11. The molecule has 0 amide bonds. The third kappa shape index (κ3) is 4.42. The number of cyclic esters (lactones) is 1. The SMILES string of the molecule is CCCCO[C@@H]1C=C2C(=O)O[C@@H](C)[C@H]2O[C@@H]1/C=C/C(=O)OCC. The van der Waals surface area contributed by atoms with Gasteiger partial charge in [-0.2, -0.15) is 0 Å². The van der Waals surface area contributed by atoms with E-state index in [1.54, 1.807) is 26.0 Å². The van der Waals surface area contributed by atoms with Crippen molar-refractivity contribution in [3.63, 3.8) is 0 Å². The van der Waals surface area contributed by atoms with Crippen molar-refractivity contribution in [2.24, 2.45) is 0 Å². The number of unbranched alkanes of at least 4 members (excludes halogenated alkanes) is 1. The molecule has 2 aliphatic heterocycles. The maximum absolute atomic E-state index is 11.8. The second-order valence-corrected chi connectivity index (χ2v) is 5.55. The molecule has 0 aromatic carbocycles. The van der Waals surface area contributed by atoms with E-state index in [2.05, 4.69) is 6.92 Å². The third-order valence-corrected chi connectivity index (χ3v) is 3.75. The Labute approximate surface area is 136 Å². The van der Waals surface area contributed by atoms with Gasteiger partial charge in [0.2, 0.25) is 0 Å². The molecular formula is C17H24O6. The fraction of sp³-hybridized carbons (Fsp3) is 0.647. The van der Waals surface area contributed by atoms with Crippen LogP contribution in [0.2, 0.25) is 0 Å². The normalized spacial score (nSPS) is 30.0. The van der Waals surface area contributed by atoms with Crippen LogP contribution in [0.5, 0.6) is 0 Å². The molecule has 0 unspecified atom stereocenters. The molecule has 4 atom stereocenters. The highest BCUT2D eigenvalue weighted by molar-refractivity contribution is 5.92. The average Bonchev–Trinajstić information content (AvgIpc) is 2.79. The van der Waals surface area contributed by atoms with Crippen molar-refractivity contribution in [1.82, 2.24) is 0 Å². The van der Waals surface area contributed by atoms with Gasteiger partial charge in [-0.3, -0.25) is 0 Å². The van der Waals surface area contributed by atoms with Gasteiger partial charge >= 0.3 is 11.9 Å². The van der Waals surface area contributed by atoms with Crippen molar-refractivity contribution in [3.8, 4) is 0 Å². The zero-order valence-corrected chi connectivity index (χ0v) is 13.8. The lowest BCUT2D eigenvalue weighted by atomic mass is 9.99. The van der Waals surface area contributed by atoms with Crippen molar-refractivity contribution < 1.29 is 28.5 Å². The summed E-state index contributed by atoms with van der Waals surface area (Å²) in [6, 6.07) is 0. The van der Waals surface area contributed by atoms with Crippen LogP contribution in [0.3, 0.4) is 0 Å². The molecule has 0 radical (unpaired) electrons. The summed E-state index contributed by atoms with van der Waals surface area (Å²) >= 11 is 0. The zero-order chi connectivity index (χ0) is 16.8. The number of carbonyl (C=O) groups is 2. The Hall–Kier alpha value is -1.66. The van der Waals surface area contributed by atoms with E-state index in [1.165, 1.54) is 6.08 Å². The topological polar surface area (TPSA) is 71.1 Å². The molecule has 0 aliphatic carbocycles. The summed E-state index contributed by atoms with van der Waals surface area (Å²) in [5, 5.41) is 0. The minimum Gasteiger partial charge on any atom is -0.463 e. The molecular weight excluding hydrogens is 300 g/mol. The first-order valence-corrected chi connectivity index (χ1v) is 8.11. The van der Waals surface area contributed by atoms with Crippen molar-refractivity contribution >= 4 is 11.9 Å². The summed E-state index contributed by atoms with van der Waals surface area (Å²) in [6.07, 6.45) is 5.00. The summed E-state index contributed by atoms with van der Waals surface area (Å²) < 4.78 is 21.8. The van der Waals surface area contributed by atoms with E-state index in [0.717, 1.165) is 12.8 Å². The molecule has 0 aromatic heterocycles. The van der Waals surface area contributed by atoms with Gasteiger partial charge in [-0.25, -0.2) is 9.59 Å². The van der Waals surface area contributed by atoms with E-state index >= 15 is 0 Å². The quantitative estimate of drug-likeness (QED) is 0.405. The molecule has 0 spiro atoms. The molecule has 2 aliphatic rings. The number of ether oxygens (including phenoxy) is 4. The second kappa shape index (κ2) is 8.26. The molecule has 2 heterocycles. The number of hydrogen-bond donors (Lipinski definition) is 0. The maximum atomic E-state index is 11.8. The van der Waals surface area contributed by atoms with Gasteiger partial charge in [0.05, 0.1) is 12.2 Å². The van der Waals surface area contributed by atoms with Crippen LogP contribution >= 0.6 is 0 Å². The summed E-state index contributed by atoms with van der Waals surface area (Å²) in [5.41, 5.74) is 0.500. The Bertz CT molecular complexity index is 495. The standard InChI is InChI=1S/C17H24O6/c1-4-6-9-21-14-10-12-16(11(3)22-17(12)19)23-13(14)7-8-15(18)20-5-2/h7-8,10-11,13-14,16H,4-6,9H2,1-3H3/b8-7+/t11-,13+,14+,16+/m0/s1. The van der Waals surface area contributed by atoms with Crippen molar-refractivity contribution in [2.75, 3.05) is 13.2 Å². The lowest BCUT2D eigenvalue weighted by Gasteiger charge is -2.31. The number of esters is 2. The van der Waals surface area contributed by atoms with Gasteiger partial charge in [0.25, 0.3) is 0 Å². The minimum atomic E-state index is -0.457. The molecule has 2 rings (SSSR count). The van der Waals surface area contributed by atoms with Crippen LogP contribution in [0, 0.1) is 0 Å². The Morgan fingerprint density at radius 1 is 1.39 bits per heavy atom. The number of hydrogen-bond acceptors (Lipinski definition) is 6. The van der Waals surface area contributed by atoms with Crippen molar-refractivity contribution in [2.45, 2.75) is 58.0 Å². The average molecular weight is 324 g/mol. The fourth-order valence-corrected chi connectivity index (χ4v) is 2.56. The molecule has 128 valence electrons.